The van der Waals surface area contributed by atoms with Crippen molar-refractivity contribution in [1.29, 1.82) is 0 Å². The normalized spacial score (nSPS) is 15.8. The molecule has 0 aliphatic heterocycles. The summed E-state index contributed by atoms with van der Waals surface area (Å²) >= 11 is 0. The largest absolute Gasteiger partial charge is 0.338 e. The van der Waals surface area contributed by atoms with Crippen molar-refractivity contribution < 1.29 is 18.5 Å². The first kappa shape index (κ1) is 23.3. The minimum Gasteiger partial charge on any atom is -0.338 e. The molecule has 35 heavy (non-hydrogen) atoms. The number of anilines is 1. The lowest BCUT2D eigenvalue weighted by molar-refractivity contribution is -0.117. The predicted octanol–water partition coefficient (Wildman–Crippen LogP) is 5.61. The summed E-state index contributed by atoms with van der Waals surface area (Å²) in [5, 5.41) is 6.66. The van der Waals surface area contributed by atoms with Crippen LogP contribution in [-0.4, -0.2) is 26.8 Å². The van der Waals surface area contributed by atoms with Crippen molar-refractivity contribution in [2.75, 3.05) is 5.32 Å². The first-order valence-corrected chi connectivity index (χ1v) is 12.2. The average molecular weight is 477 g/mol. The summed E-state index contributed by atoms with van der Waals surface area (Å²) in [6.45, 7) is 5.81. The number of aryl methyl sites for hydroxylation is 1. The number of pyridine rings is 1. The topological polar surface area (TPSA) is 98.0 Å². The van der Waals surface area contributed by atoms with Crippen LogP contribution in [0, 0.1) is 11.7 Å². The van der Waals surface area contributed by atoms with Crippen LogP contribution in [-0.2, 0) is 16.6 Å². The molecule has 0 saturated heterocycles. The monoisotopic (exact) mass is 476 g/mol. The van der Waals surface area contributed by atoms with Gasteiger partial charge in [-0.25, -0.2) is 9.37 Å². The van der Waals surface area contributed by atoms with Crippen LogP contribution in [0.3, 0.4) is 0 Å². The highest BCUT2D eigenvalue weighted by Gasteiger charge is 2.32. The lowest BCUT2D eigenvalue weighted by atomic mass is 9.93. The van der Waals surface area contributed by atoms with Gasteiger partial charge in [0.15, 0.2) is 0 Å². The Morgan fingerprint density at radius 1 is 1.14 bits per heavy atom. The number of aromatic nitrogens is 3. The molecule has 1 amide bonds. The van der Waals surface area contributed by atoms with E-state index >= 15 is 4.39 Å². The second-order valence-electron chi connectivity index (χ2n) is 10.6. The number of carbonyl (C=O) groups is 2. The number of nitrogens with zero attached hydrogens (tertiary/aromatic N) is 3. The van der Waals surface area contributed by atoms with E-state index in [2.05, 4.69) is 20.4 Å². The summed E-state index contributed by atoms with van der Waals surface area (Å²) in [7, 11) is 0. The van der Waals surface area contributed by atoms with E-state index in [1.54, 1.807) is 24.4 Å². The third-order valence-electron chi connectivity index (χ3n) is 6.46. The number of halogens is 1. The molecule has 1 aromatic carbocycles. The number of carbonyl (C=O) groups excluding carboxylic acids is 2. The minimum atomic E-state index is -0.336. The molecule has 2 heterocycles. The Balaban J connectivity index is 1.35. The van der Waals surface area contributed by atoms with E-state index in [9.17, 15) is 9.59 Å². The Morgan fingerprint density at radius 2 is 1.91 bits per heavy atom. The molecule has 2 saturated carbocycles. The fourth-order valence-electron chi connectivity index (χ4n) is 4.13. The van der Waals surface area contributed by atoms with E-state index in [0.29, 0.717) is 34.8 Å². The van der Waals surface area contributed by atoms with Crippen molar-refractivity contribution in [1.82, 2.24) is 15.1 Å². The van der Waals surface area contributed by atoms with Gasteiger partial charge in [0.05, 0.1) is 0 Å². The zero-order chi connectivity index (χ0) is 24.7. The third kappa shape index (κ3) is 5.16. The zero-order valence-corrected chi connectivity index (χ0v) is 20.2. The van der Waals surface area contributed by atoms with Crippen molar-refractivity contribution in [3.05, 3.63) is 59.1 Å². The van der Waals surface area contributed by atoms with Gasteiger partial charge in [-0.2, -0.15) is 4.98 Å². The van der Waals surface area contributed by atoms with Gasteiger partial charge in [0.25, 0.3) is 0 Å². The Labute approximate surface area is 203 Å². The quantitative estimate of drug-likeness (QED) is 0.425. The molecule has 0 radical (unpaired) electrons. The SMILES string of the molecule is CC(C)(C)c1nc(C(=O)CCc2ccc(-c3ccnc(NC(=O)C4CC4)c3)c(F)c2C2CC2)no1. The fourth-order valence-corrected chi connectivity index (χ4v) is 4.13. The van der Waals surface area contributed by atoms with Gasteiger partial charge in [0.2, 0.25) is 23.4 Å². The molecule has 0 atom stereocenters. The van der Waals surface area contributed by atoms with E-state index in [1.807, 2.05) is 26.8 Å². The molecule has 182 valence electrons. The van der Waals surface area contributed by atoms with Gasteiger partial charge in [-0.1, -0.05) is 38.1 Å². The van der Waals surface area contributed by atoms with Gasteiger partial charge in [-0.3, -0.25) is 9.59 Å². The number of hydrogen-bond donors (Lipinski definition) is 1. The second kappa shape index (κ2) is 8.98. The summed E-state index contributed by atoms with van der Waals surface area (Å²) in [6.07, 6.45) is 5.82. The standard InChI is InChI=1S/C27H29FN4O3/c1-27(2,3)26-31-24(32-35-26)20(33)11-9-16-8-10-19(23(28)22(16)15-4-5-15)18-12-13-29-21(14-18)30-25(34)17-6-7-17/h8,10,12-15,17H,4-7,9,11H2,1-3H3,(H,29,30,34). The van der Waals surface area contributed by atoms with Gasteiger partial charge in [0.1, 0.15) is 11.6 Å². The van der Waals surface area contributed by atoms with Crippen LogP contribution in [0.15, 0.2) is 35.0 Å². The summed E-state index contributed by atoms with van der Waals surface area (Å²) in [4.78, 5) is 33.2. The maximum Gasteiger partial charge on any atom is 0.238 e. The summed E-state index contributed by atoms with van der Waals surface area (Å²) in [5.41, 5.74) is 2.31. The number of ketones is 1. The molecule has 0 unspecified atom stereocenters. The predicted molar refractivity (Wildman–Crippen MR) is 129 cm³/mol. The Kier molecular flexibility index (Phi) is 5.99. The lowest BCUT2D eigenvalue weighted by Crippen LogP contribution is -2.14. The molecule has 2 aliphatic rings. The fraction of sp³-hybridized carbons (Fsp3) is 0.444. The van der Waals surface area contributed by atoms with E-state index < -0.39 is 0 Å². The molecule has 2 aliphatic carbocycles. The average Bonchev–Trinajstić information content (AvgIpc) is 3.75. The van der Waals surface area contributed by atoms with Crippen molar-refractivity contribution in [2.45, 2.75) is 70.6 Å². The highest BCUT2D eigenvalue weighted by Crippen LogP contribution is 2.45. The van der Waals surface area contributed by atoms with Crippen molar-refractivity contribution in [2.24, 2.45) is 5.92 Å². The Morgan fingerprint density at radius 3 is 2.57 bits per heavy atom. The number of benzene rings is 1. The van der Waals surface area contributed by atoms with Crippen LogP contribution in [0.2, 0.25) is 0 Å². The van der Waals surface area contributed by atoms with E-state index in [-0.39, 0.29) is 47.0 Å². The van der Waals surface area contributed by atoms with Crippen LogP contribution < -0.4 is 5.32 Å². The minimum absolute atomic E-state index is 0.0370. The van der Waals surface area contributed by atoms with Crippen molar-refractivity contribution >= 4 is 17.5 Å². The van der Waals surface area contributed by atoms with Crippen molar-refractivity contribution in [3.8, 4) is 11.1 Å². The molecule has 3 aromatic rings. The molecular formula is C27H29FN4O3. The smallest absolute Gasteiger partial charge is 0.238 e. The maximum absolute atomic E-state index is 15.8. The maximum atomic E-state index is 15.8. The molecule has 2 aromatic heterocycles. The summed E-state index contributed by atoms with van der Waals surface area (Å²) in [5.74, 6) is 0.610. The number of nitrogens with one attached hydrogen (secondary N) is 1. The van der Waals surface area contributed by atoms with Crippen molar-refractivity contribution in [3.63, 3.8) is 0 Å². The van der Waals surface area contributed by atoms with E-state index in [1.165, 1.54) is 0 Å². The van der Waals surface area contributed by atoms with Crippen LogP contribution in [0.25, 0.3) is 11.1 Å². The first-order valence-electron chi connectivity index (χ1n) is 12.2. The second-order valence-corrected chi connectivity index (χ2v) is 10.6. The van der Waals surface area contributed by atoms with Gasteiger partial charge in [-0.05, 0) is 66.8 Å². The zero-order valence-electron chi connectivity index (χ0n) is 20.2. The Bertz CT molecular complexity index is 1290. The molecule has 2 fully saturated rings. The van der Waals surface area contributed by atoms with E-state index in [0.717, 1.165) is 31.2 Å². The lowest BCUT2D eigenvalue weighted by Gasteiger charge is -2.14. The molecule has 7 nitrogen and oxygen atoms in total. The molecular weight excluding hydrogens is 447 g/mol. The first-order chi connectivity index (χ1) is 16.7. The van der Waals surface area contributed by atoms with Crippen LogP contribution in [0.5, 0.6) is 0 Å². The van der Waals surface area contributed by atoms with Gasteiger partial charge in [0, 0.05) is 29.5 Å². The van der Waals surface area contributed by atoms with Crippen LogP contribution in [0.4, 0.5) is 10.2 Å². The van der Waals surface area contributed by atoms with Gasteiger partial charge in [-0.15, -0.1) is 0 Å². The number of hydrogen-bond acceptors (Lipinski definition) is 6. The molecule has 1 N–H and O–H groups in total. The number of Topliss-reactive ketones (excluding diaryl/α,β-unsaturated/α-hetero) is 1. The van der Waals surface area contributed by atoms with E-state index in [4.69, 9.17) is 4.52 Å². The summed E-state index contributed by atoms with van der Waals surface area (Å²) in [6, 6.07) is 7.10. The van der Waals surface area contributed by atoms with Crippen LogP contribution in [0.1, 0.15) is 86.4 Å². The number of amides is 1. The van der Waals surface area contributed by atoms with Crippen LogP contribution >= 0.6 is 0 Å². The molecule has 8 heteroatoms. The third-order valence-corrected chi connectivity index (χ3v) is 6.46. The number of rotatable bonds is 8. The van der Waals surface area contributed by atoms with Gasteiger partial charge >= 0.3 is 0 Å². The highest BCUT2D eigenvalue weighted by atomic mass is 19.1. The molecule has 5 rings (SSSR count). The highest BCUT2D eigenvalue weighted by molar-refractivity contribution is 5.94. The Hall–Kier alpha value is -3.42. The van der Waals surface area contributed by atoms with Gasteiger partial charge < -0.3 is 9.84 Å². The molecule has 0 bridgehead atoms. The molecule has 0 spiro atoms. The summed E-state index contributed by atoms with van der Waals surface area (Å²) < 4.78 is 21.0.